The number of sulfonamides is 2. The number of halogens is 1. The second kappa shape index (κ2) is 29.2. The number of alkyl carbamates (subject to hydrolysis) is 1. The Morgan fingerprint density at radius 1 is 0.570 bits per heavy atom. The molecule has 2 heterocycles. The molecule has 0 bridgehead atoms. The van der Waals surface area contributed by atoms with Crippen molar-refractivity contribution in [2.75, 3.05) is 10.6 Å². The molecule has 0 atom stereocenters. The van der Waals surface area contributed by atoms with Crippen LogP contribution < -0.4 is 31.1 Å². The Hall–Kier alpha value is -4.95. The van der Waals surface area contributed by atoms with E-state index in [1.165, 1.54) is 34.8 Å². The van der Waals surface area contributed by atoms with Crippen LogP contribution in [0.5, 0.6) is 0 Å². The van der Waals surface area contributed by atoms with Crippen LogP contribution in [0.2, 0.25) is 0 Å². The van der Waals surface area contributed by atoms with Gasteiger partial charge in [-0.3, -0.25) is 10.6 Å². The lowest BCUT2D eigenvalue weighted by molar-refractivity contribution is 0.109. The van der Waals surface area contributed by atoms with E-state index in [4.69, 9.17) is 31.5 Å². The predicted molar refractivity (Wildman–Crippen MR) is 312 cm³/mol. The van der Waals surface area contributed by atoms with Gasteiger partial charge in [-0.2, -0.15) is 0 Å². The summed E-state index contributed by atoms with van der Waals surface area (Å²) in [6.07, 6.45) is 8.15. The SMILES string of the molecule is CC(C)OC(=O)Cl.CC(C)OC(=O)Nc1ccc(-c2cnc(C3CCC(N)CC3)s2)c(S(=O)(=O)NC(C)(C)C)c1.CC(C)OC(=O)Nc1ccc(-c2cnc(C3CCC(NC(=O)OC(C)C)CC3)s2)c(S(=O)(=O)NC(C)(C)C)c1. The van der Waals surface area contributed by atoms with Crippen molar-refractivity contribution < 1.29 is 55.0 Å². The van der Waals surface area contributed by atoms with E-state index in [1.54, 1.807) is 120 Å². The molecule has 25 heteroatoms. The number of nitrogens with one attached hydrogen (secondary N) is 5. The molecule has 0 aliphatic heterocycles. The summed E-state index contributed by atoms with van der Waals surface area (Å²) in [5.41, 5.74) is 5.62. The van der Waals surface area contributed by atoms with Gasteiger partial charge in [-0.1, -0.05) is 12.1 Å². The summed E-state index contributed by atoms with van der Waals surface area (Å²) in [4.78, 5) is 56.8. The van der Waals surface area contributed by atoms with E-state index >= 15 is 0 Å². The summed E-state index contributed by atoms with van der Waals surface area (Å²) in [7, 11) is -7.82. The molecule has 20 nitrogen and oxygen atoms in total. The van der Waals surface area contributed by atoms with Gasteiger partial charge < -0.3 is 30.0 Å². The van der Waals surface area contributed by atoms with Crippen molar-refractivity contribution in [3.63, 3.8) is 0 Å². The highest BCUT2D eigenvalue weighted by Gasteiger charge is 2.31. The number of carbonyl (C=O) groups excluding carboxylic acids is 4. The van der Waals surface area contributed by atoms with E-state index in [2.05, 4.69) is 40.1 Å². The first kappa shape index (κ1) is 66.6. The highest BCUT2D eigenvalue weighted by Crippen LogP contribution is 2.42. The Kier molecular flexibility index (Phi) is 24.6. The molecule has 4 aromatic rings. The minimum Gasteiger partial charge on any atom is -0.451 e. The summed E-state index contributed by atoms with van der Waals surface area (Å²) in [6, 6.07) is 9.93. The number of hydrogen-bond donors (Lipinski definition) is 6. The maximum Gasteiger partial charge on any atom is 0.411 e. The molecule has 7 N–H and O–H groups in total. The van der Waals surface area contributed by atoms with Crippen molar-refractivity contribution in [1.82, 2.24) is 24.7 Å². The average Bonchev–Trinajstić information content (AvgIpc) is 4.00. The molecule has 0 unspecified atom stereocenters. The molecule has 2 fully saturated rings. The smallest absolute Gasteiger partial charge is 0.411 e. The van der Waals surface area contributed by atoms with Gasteiger partial charge in [0.1, 0.15) is 0 Å². The molecule has 2 aliphatic carbocycles. The van der Waals surface area contributed by atoms with Crippen LogP contribution in [0.3, 0.4) is 0 Å². The van der Waals surface area contributed by atoms with Crippen LogP contribution >= 0.6 is 34.3 Å². The Morgan fingerprint density at radius 3 is 1.25 bits per heavy atom. The topological polar surface area (TPSA) is 285 Å². The zero-order chi connectivity index (χ0) is 59.2. The van der Waals surface area contributed by atoms with Gasteiger partial charge in [0, 0.05) is 81.5 Å². The summed E-state index contributed by atoms with van der Waals surface area (Å²) < 4.78 is 78.8. The van der Waals surface area contributed by atoms with Crippen LogP contribution in [0.1, 0.15) is 170 Å². The number of anilines is 2. The van der Waals surface area contributed by atoms with Crippen molar-refractivity contribution in [3.05, 3.63) is 58.8 Å². The first-order valence-corrected chi connectivity index (χ1v) is 31.4. The second-order valence-corrected chi connectivity index (χ2v) is 28.3. The lowest BCUT2D eigenvalue weighted by Crippen LogP contribution is -2.40. The van der Waals surface area contributed by atoms with Crippen LogP contribution in [0.25, 0.3) is 20.9 Å². The number of aromatic nitrogens is 2. The van der Waals surface area contributed by atoms with Crippen molar-refractivity contribution in [2.45, 2.75) is 218 Å². The highest BCUT2D eigenvalue weighted by atomic mass is 35.5. The fraction of sp³-hybridized carbons (Fsp3) is 0.593. The van der Waals surface area contributed by atoms with Gasteiger partial charge in [0.2, 0.25) is 20.0 Å². The van der Waals surface area contributed by atoms with Gasteiger partial charge in [0.15, 0.2) is 0 Å². The molecule has 2 aromatic heterocycles. The zero-order valence-electron chi connectivity index (χ0n) is 47.8. The van der Waals surface area contributed by atoms with Gasteiger partial charge in [0.25, 0.3) is 0 Å². The van der Waals surface area contributed by atoms with Crippen molar-refractivity contribution >= 4 is 89.4 Å². The number of amides is 3. The fourth-order valence-electron chi connectivity index (χ4n) is 8.34. The highest BCUT2D eigenvalue weighted by molar-refractivity contribution is 7.90. The Bertz CT molecular complexity index is 2900. The molecule has 3 amide bonds. The minimum atomic E-state index is -3.94. The third-order valence-corrected chi connectivity index (χ3v) is 17.4. The molecular weight excluding hydrogens is 1120 g/mol. The predicted octanol–water partition coefficient (Wildman–Crippen LogP) is 12.6. The molecule has 440 valence electrons. The van der Waals surface area contributed by atoms with E-state index in [0.717, 1.165) is 71.1 Å². The number of ether oxygens (including phenoxy) is 4. The molecule has 2 aromatic carbocycles. The van der Waals surface area contributed by atoms with E-state index in [9.17, 15) is 36.0 Å². The first-order valence-electron chi connectivity index (χ1n) is 26.4. The standard InChI is InChI=1S/C27H40N4O6S2.C23H34N4O4S2.C4H7ClO2/c1-16(2)36-25(32)29-19-10-8-18(9-11-19)24-28-15-22(38-24)21-13-12-20(30-26(33)37-17(3)4)14-23(21)39(34,35)31-27(5,6)7;1-14(2)31-22(28)26-17-10-11-18(20(12-17)33(29,30)27-23(3,4)5)19-13-25-21(32-19)15-6-8-16(24)9-7-15;1-3(2)7-4(5)6/h12-19,31H,8-11H2,1-7H3,(H,29,32)(H,30,33);10-16,27H,6-9,24H2,1-5H3,(H,26,28);3H,1-2H3. The summed E-state index contributed by atoms with van der Waals surface area (Å²) in [5.74, 6) is 0.575. The van der Waals surface area contributed by atoms with Crippen molar-refractivity contribution in [1.29, 1.82) is 0 Å². The summed E-state index contributed by atoms with van der Waals surface area (Å²) >= 11 is 7.79. The maximum absolute atomic E-state index is 13.4. The second-order valence-electron chi connectivity index (χ2n) is 22.6. The normalized spacial score (nSPS) is 17.9. The molecule has 0 spiro atoms. The number of rotatable bonds is 15. The summed E-state index contributed by atoms with van der Waals surface area (Å²) in [5, 5.41) is 10.1. The number of hydrogen-bond acceptors (Lipinski definition) is 17. The Morgan fingerprint density at radius 2 is 0.924 bits per heavy atom. The van der Waals surface area contributed by atoms with Gasteiger partial charge in [-0.15, -0.1) is 22.7 Å². The van der Waals surface area contributed by atoms with Gasteiger partial charge >= 0.3 is 23.7 Å². The van der Waals surface area contributed by atoms with E-state index in [1.807, 2.05) is 13.8 Å². The van der Waals surface area contributed by atoms with E-state index < -0.39 is 54.8 Å². The third kappa shape index (κ3) is 22.8. The molecular formula is C54H81ClN8O12S4. The van der Waals surface area contributed by atoms with E-state index in [-0.39, 0.29) is 52.2 Å². The van der Waals surface area contributed by atoms with Crippen LogP contribution in [-0.4, -0.2) is 98.1 Å². The lowest BCUT2D eigenvalue weighted by Gasteiger charge is -2.28. The van der Waals surface area contributed by atoms with Crippen LogP contribution in [0.4, 0.5) is 30.6 Å². The Balaban J connectivity index is 0.000000307. The van der Waals surface area contributed by atoms with Crippen LogP contribution in [-0.2, 0) is 39.0 Å². The Labute approximate surface area is 479 Å². The maximum atomic E-state index is 13.4. The van der Waals surface area contributed by atoms with Gasteiger partial charge in [-0.25, -0.2) is 55.4 Å². The van der Waals surface area contributed by atoms with Crippen molar-refractivity contribution in [2.24, 2.45) is 5.73 Å². The molecule has 6 rings (SSSR count). The quantitative estimate of drug-likeness (QED) is 0.0477. The molecule has 2 saturated carbocycles. The van der Waals surface area contributed by atoms with Crippen LogP contribution in [0, 0.1) is 0 Å². The molecule has 0 radical (unpaired) electrons. The molecule has 0 saturated heterocycles. The number of nitrogens with two attached hydrogens (primary N) is 1. The monoisotopic (exact) mass is 1200 g/mol. The fourth-order valence-corrected chi connectivity index (χ4v) is 14.2. The van der Waals surface area contributed by atoms with Gasteiger partial charge in [-0.05, 0) is 173 Å². The zero-order valence-corrected chi connectivity index (χ0v) is 51.8. The lowest BCUT2D eigenvalue weighted by atomic mass is 9.86. The molecule has 2 aliphatic rings. The molecule has 79 heavy (non-hydrogen) atoms. The van der Waals surface area contributed by atoms with Crippen molar-refractivity contribution in [3.8, 4) is 20.9 Å². The van der Waals surface area contributed by atoms with E-state index in [0.29, 0.717) is 28.4 Å². The number of thiazole rings is 2. The third-order valence-electron chi connectivity index (χ3n) is 11.4. The number of benzene rings is 2. The first-order chi connectivity index (χ1) is 36.6. The summed E-state index contributed by atoms with van der Waals surface area (Å²) in [6.45, 7) is 24.7. The van der Waals surface area contributed by atoms with Crippen LogP contribution in [0.15, 0.2) is 58.6 Å². The minimum absolute atomic E-state index is 0.0477. The number of nitrogens with zero attached hydrogens (tertiary/aromatic N) is 2. The van der Waals surface area contributed by atoms with Gasteiger partial charge in [0.05, 0.1) is 54.0 Å². The average molecular weight is 1200 g/mol. The largest absolute Gasteiger partial charge is 0.451 e. The number of carbonyl (C=O) groups is 4.